The smallest absolute Gasteiger partial charge is 0.159 e. The summed E-state index contributed by atoms with van der Waals surface area (Å²) in [6.45, 7) is 1.94. The summed E-state index contributed by atoms with van der Waals surface area (Å²) in [5.41, 5.74) is 4.27. The molecule has 5 nitrogen and oxygen atoms in total. The molecule has 1 atom stereocenters. The quantitative estimate of drug-likeness (QED) is 0.797. The topological polar surface area (TPSA) is 63.6 Å². The first-order valence-corrected chi connectivity index (χ1v) is 8.28. The number of rotatable bonds is 3. The highest BCUT2D eigenvalue weighted by Gasteiger charge is 2.22. The van der Waals surface area contributed by atoms with Crippen LogP contribution in [0.1, 0.15) is 35.8 Å². The van der Waals surface area contributed by atoms with Gasteiger partial charge in [-0.25, -0.2) is 9.97 Å². The molecule has 4 rings (SSSR count). The monoisotopic (exact) mass is 317 g/mol. The number of benzene rings is 1. The summed E-state index contributed by atoms with van der Waals surface area (Å²) in [7, 11) is 0. The van der Waals surface area contributed by atoms with Gasteiger partial charge in [0.05, 0.1) is 11.7 Å². The molecule has 24 heavy (non-hydrogen) atoms. The molecule has 0 aliphatic heterocycles. The van der Waals surface area contributed by atoms with Gasteiger partial charge in [-0.2, -0.15) is 5.10 Å². The van der Waals surface area contributed by atoms with Gasteiger partial charge in [0.1, 0.15) is 5.82 Å². The van der Waals surface area contributed by atoms with Crippen LogP contribution in [0.5, 0.6) is 0 Å². The van der Waals surface area contributed by atoms with Crippen LogP contribution in [0.3, 0.4) is 0 Å². The molecule has 1 aliphatic carbocycles. The fraction of sp³-hybridized carbons (Fsp3) is 0.263. The van der Waals surface area contributed by atoms with Gasteiger partial charge in [0.2, 0.25) is 0 Å². The molecule has 5 heteroatoms. The van der Waals surface area contributed by atoms with Crippen LogP contribution in [0.2, 0.25) is 0 Å². The van der Waals surface area contributed by atoms with Crippen molar-refractivity contribution in [2.45, 2.75) is 32.2 Å². The average molecular weight is 317 g/mol. The number of hydrogen-bond acceptors (Lipinski definition) is 5. The van der Waals surface area contributed by atoms with Crippen molar-refractivity contribution in [3.8, 4) is 11.4 Å². The summed E-state index contributed by atoms with van der Waals surface area (Å²) in [6.07, 6.45) is 5.12. The van der Waals surface area contributed by atoms with Crippen molar-refractivity contribution in [1.29, 1.82) is 0 Å². The summed E-state index contributed by atoms with van der Waals surface area (Å²) < 4.78 is 0. The van der Waals surface area contributed by atoms with Gasteiger partial charge >= 0.3 is 0 Å². The maximum atomic E-state index is 4.80. The van der Waals surface area contributed by atoms with E-state index in [1.807, 2.05) is 55.6 Å². The maximum absolute atomic E-state index is 4.80. The summed E-state index contributed by atoms with van der Waals surface area (Å²) in [6, 6.07) is 14.2. The molecule has 120 valence electrons. The van der Waals surface area contributed by atoms with E-state index in [1.165, 1.54) is 5.56 Å². The van der Waals surface area contributed by atoms with E-state index >= 15 is 0 Å². The molecule has 1 aromatic carbocycles. The van der Waals surface area contributed by atoms with Crippen molar-refractivity contribution in [1.82, 2.24) is 20.2 Å². The van der Waals surface area contributed by atoms with Crippen LogP contribution in [-0.2, 0) is 6.42 Å². The molecule has 0 saturated heterocycles. The lowest BCUT2D eigenvalue weighted by Crippen LogP contribution is -2.20. The first-order chi connectivity index (χ1) is 11.8. The molecule has 0 fully saturated rings. The van der Waals surface area contributed by atoms with Crippen molar-refractivity contribution in [2.24, 2.45) is 0 Å². The van der Waals surface area contributed by atoms with E-state index in [1.54, 1.807) is 0 Å². The molecule has 1 unspecified atom stereocenters. The standard InChI is InChI=1S/C19H19N5/c1-13-10-11-18(24-23-13)21-16-8-5-9-17-15(16)12-20-19(22-17)14-6-3-2-4-7-14/h2-4,6-7,10-12,16H,5,8-9H2,1H3,(H,21,24). The molecular weight excluding hydrogens is 298 g/mol. The molecule has 0 saturated carbocycles. The van der Waals surface area contributed by atoms with Crippen molar-refractivity contribution < 1.29 is 0 Å². The van der Waals surface area contributed by atoms with Crippen molar-refractivity contribution in [3.05, 3.63) is 65.6 Å². The molecule has 0 amide bonds. The number of fused-ring (bicyclic) bond motifs is 1. The lowest BCUT2D eigenvalue weighted by Gasteiger charge is -2.25. The van der Waals surface area contributed by atoms with E-state index in [0.717, 1.165) is 47.9 Å². The van der Waals surface area contributed by atoms with Gasteiger partial charge in [0, 0.05) is 23.0 Å². The highest BCUT2D eigenvalue weighted by molar-refractivity contribution is 5.55. The van der Waals surface area contributed by atoms with Gasteiger partial charge in [-0.15, -0.1) is 5.10 Å². The minimum absolute atomic E-state index is 0.190. The van der Waals surface area contributed by atoms with Gasteiger partial charge in [-0.1, -0.05) is 30.3 Å². The lowest BCUT2D eigenvalue weighted by molar-refractivity contribution is 0.582. The second kappa shape index (κ2) is 6.35. The normalized spacial score (nSPS) is 16.5. The van der Waals surface area contributed by atoms with Gasteiger partial charge in [0.25, 0.3) is 0 Å². The van der Waals surface area contributed by atoms with E-state index in [0.29, 0.717) is 0 Å². The van der Waals surface area contributed by atoms with Gasteiger partial charge in [0.15, 0.2) is 5.82 Å². The molecule has 3 aromatic rings. The minimum atomic E-state index is 0.190. The minimum Gasteiger partial charge on any atom is -0.362 e. The first-order valence-electron chi connectivity index (χ1n) is 8.28. The van der Waals surface area contributed by atoms with Gasteiger partial charge < -0.3 is 5.32 Å². The van der Waals surface area contributed by atoms with Crippen LogP contribution in [0, 0.1) is 6.92 Å². The Hall–Kier alpha value is -2.82. The third-order valence-electron chi connectivity index (χ3n) is 4.33. The molecule has 2 heterocycles. The number of aromatic nitrogens is 4. The Morgan fingerprint density at radius 3 is 2.71 bits per heavy atom. The summed E-state index contributed by atoms with van der Waals surface area (Å²) >= 11 is 0. The Labute approximate surface area is 141 Å². The summed E-state index contributed by atoms with van der Waals surface area (Å²) in [5, 5.41) is 11.8. The fourth-order valence-electron chi connectivity index (χ4n) is 3.08. The Morgan fingerprint density at radius 2 is 1.92 bits per heavy atom. The number of aryl methyl sites for hydroxylation is 2. The number of nitrogens with one attached hydrogen (secondary N) is 1. The van der Waals surface area contributed by atoms with Crippen molar-refractivity contribution in [3.63, 3.8) is 0 Å². The van der Waals surface area contributed by atoms with E-state index < -0.39 is 0 Å². The molecular formula is C19H19N5. The zero-order valence-electron chi connectivity index (χ0n) is 13.6. The third-order valence-corrected chi connectivity index (χ3v) is 4.33. The second-order valence-corrected chi connectivity index (χ2v) is 6.11. The van der Waals surface area contributed by atoms with Crippen LogP contribution >= 0.6 is 0 Å². The Kier molecular flexibility index (Phi) is 3.91. The number of hydrogen-bond donors (Lipinski definition) is 1. The Bertz CT molecular complexity index is 830. The number of anilines is 1. The van der Waals surface area contributed by atoms with Crippen molar-refractivity contribution >= 4 is 5.82 Å². The highest BCUT2D eigenvalue weighted by Crippen LogP contribution is 2.31. The maximum Gasteiger partial charge on any atom is 0.159 e. The van der Waals surface area contributed by atoms with E-state index in [-0.39, 0.29) is 6.04 Å². The predicted octanol–water partition coefficient (Wildman–Crippen LogP) is 3.73. The van der Waals surface area contributed by atoms with Crippen LogP contribution < -0.4 is 5.32 Å². The first kappa shape index (κ1) is 14.8. The van der Waals surface area contributed by atoms with E-state index in [4.69, 9.17) is 4.98 Å². The van der Waals surface area contributed by atoms with E-state index in [2.05, 4.69) is 20.5 Å². The molecule has 0 spiro atoms. The Morgan fingerprint density at radius 1 is 1.04 bits per heavy atom. The summed E-state index contributed by atoms with van der Waals surface area (Å²) in [4.78, 5) is 9.38. The average Bonchev–Trinajstić information content (AvgIpc) is 2.64. The molecule has 1 N–H and O–H groups in total. The Balaban J connectivity index is 1.62. The van der Waals surface area contributed by atoms with Crippen LogP contribution in [-0.4, -0.2) is 20.2 Å². The second-order valence-electron chi connectivity index (χ2n) is 6.11. The van der Waals surface area contributed by atoms with Crippen LogP contribution in [0.15, 0.2) is 48.7 Å². The largest absolute Gasteiger partial charge is 0.362 e. The zero-order chi connectivity index (χ0) is 16.4. The third kappa shape index (κ3) is 2.97. The lowest BCUT2D eigenvalue weighted by atomic mass is 9.92. The van der Waals surface area contributed by atoms with Gasteiger partial charge in [-0.05, 0) is 38.3 Å². The molecule has 0 radical (unpaired) electrons. The van der Waals surface area contributed by atoms with E-state index in [9.17, 15) is 0 Å². The van der Waals surface area contributed by atoms with Crippen molar-refractivity contribution in [2.75, 3.05) is 5.32 Å². The van der Waals surface area contributed by atoms with Crippen LogP contribution in [0.25, 0.3) is 11.4 Å². The molecule has 2 aromatic heterocycles. The highest BCUT2D eigenvalue weighted by atomic mass is 15.2. The number of nitrogens with zero attached hydrogens (tertiary/aromatic N) is 4. The van der Waals surface area contributed by atoms with Crippen LogP contribution in [0.4, 0.5) is 5.82 Å². The van der Waals surface area contributed by atoms with Gasteiger partial charge in [-0.3, -0.25) is 0 Å². The molecule has 0 bridgehead atoms. The molecule has 1 aliphatic rings. The fourth-order valence-corrected chi connectivity index (χ4v) is 3.08. The predicted molar refractivity (Wildman–Crippen MR) is 93.5 cm³/mol. The summed E-state index contributed by atoms with van der Waals surface area (Å²) in [5.74, 6) is 1.59. The SMILES string of the molecule is Cc1ccc(NC2CCCc3nc(-c4ccccc4)ncc32)nn1. The zero-order valence-corrected chi connectivity index (χ0v) is 13.6.